The lowest BCUT2D eigenvalue weighted by atomic mass is 10.0. The molecule has 0 heterocycles. The van der Waals surface area contributed by atoms with Crippen LogP contribution in [-0.4, -0.2) is 16.7 Å². The summed E-state index contributed by atoms with van der Waals surface area (Å²) in [4.78, 5) is 33.7. The number of non-ortho nitro benzene ring substituents is 1. The summed E-state index contributed by atoms with van der Waals surface area (Å²) in [5.41, 5.74) is -0.0149. The summed E-state index contributed by atoms with van der Waals surface area (Å²) >= 11 is 5.83. The van der Waals surface area contributed by atoms with Gasteiger partial charge in [-0.1, -0.05) is 23.7 Å². The van der Waals surface area contributed by atoms with Crippen LogP contribution >= 0.6 is 11.6 Å². The maximum atomic E-state index is 13.8. The molecule has 0 saturated heterocycles. The molecule has 9 heteroatoms. The Bertz CT molecular complexity index is 842. The van der Waals surface area contributed by atoms with Gasteiger partial charge < -0.3 is 10.6 Å². The molecule has 0 aliphatic rings. The van der Waals surface area contributed by atoms with Crippen LogP contribution in [-0.2, 0) is 9.59 Å². The van der Waals surface area contributed by atoms with E-state index < -0.39 is 22.7 Å². The van der Waals surface area contributed by atoms with Crippen molar-refractivity contribution in [1.29, 1.82) is 0 Å². The monoisotopic (exact) mass is 379 g/mol. The Hall–Kier alpha value is -3.00. The summed E-state index contributed by atoms with van der Waals surface area (Å²) in [6, 6.07) is 8.72. The largest absolute Gasteiger partial charge is 0.349 e. The summed E-state index contributed by atoms with van der Waals surface area (Å²) in [7, 11) is 0. The van der Waals surface area contributed by atoms with Crippen molar-refractivity contribution in [1.82, 2.24) is 5.32 Å². The van der Waals surface area contributed by atoms with Gasteiger partial charge in [0.05, 0.1) is 23.1 Å². The quantitative estimate of drug-likeness (QED) is 0.591. The lowest BCUT2D eigenvalue weighted by molar-refractivity contribution is -0.384. The second kappa shape index (κ2) is 8.39. The smallest absolute Gasteiger partial charge is 0.271 e. The Balaban J connectivity index is 2.17. The highest BCUT2D eigenvalue weighted by Crippen LogP contribution is 2.23. The summed E-state index contributed by atoms with van der Waals surface area (Å²) in [5.74, 6) is -1.76. The number of benzene rings is 2. The van der Waals surface area contributed by atoms with Crippen LogP contribution in [0.3, 0.4) is 0 Å². The number of nitro groups is 1. The average Bonchev–Trinajstić information content (AvgIpc) is 2.56. The van der Waals surface area contributed by atoms with Gasteiger partial charge >= 0.3 is 0 Å². The molecule has 2 amide bonds. The van der Waals surface area contributed by atoms with E-state index in [4.69, 9.17) is 11.6 Å². The van der Waals surface area contributed by atoms with Crippen LogP contribution in [0.1, 0.15) is 24.9 Å². The Morgan fingerprint density at radius 2 is 1.88 bits per heavy atom. The van der Waals surface area contributed by atoms with Gasteiger partial charge in [0, 0.05) is 24.1 Å². The van der Waals surface area contributed by atoms with Crippen molar-refractivity contribution in [3.63, 3.8) is 0 Å². The van der Waals surface area contributed by atoms with Gasteiger partial charge in [0.25, 0.3) is 5.69 Å². The molecule has 0 saturated carbocycles. The second-order valence-corrected chi connectivity index (χ2v) is 5.91. The summed E-state index contributed by atoms with van der Waals surface area (Å²) in [6.45, 7) is 1.31. The fourth-order valence-corrected chi connectivity index (χ4v) is 2.43. The van der Waals surface area contributed by atoms with Crippen molar-refractivity contribution in [2.24, 2.45) is 0 Å². The Kier molecular flexibility index (Phi) is 6.24. The molecule has 0 bridgehead atoms. The Labute approximate surface area is 153 Å². The van der Waals surface area contributed by atoms with Gasteiger partial charge in [-0.3, -0.25) is 19.7 Å². The minimum absolute atomic E-state index is 0.191. The fraction of sp³-hybridized carbons (Fsp3) is 0.176. The molecule has 2 aromatic rings. The van der Waals surface area contributed by atoms with Gasteiger partial charge in [-0.05, 0) is 23.8 Å². The van der Waals surface area contributed by atoms with Crippen LogP contribution < -0.4 is 10.6 Å². The van der Waals surface area contributed by atoms with Crippen LogP contribution in [0, 0.1) is 15.9 Å². The van der Waals surface area contributed by atoms with E-state index in [1.807, 2.05) is 0 Å². The van der Waals surface area contributed by atoms with Crippen molar-refractivity contribution >= 4 is 34.8 Å². The number of nitrogens with one attached hydrogen (secondary N) is 2. The molecular formula is C17H15ClFN3O4. The first kappa shape index (κ1) is 19.3. The number of rotatable bonds is 6. The summed E-state index contributed by atoms with van der Waals surface area (Å²) < 4.78 is 13.8. The molecule has 1 atom stereocenters. The highest BCUT2D eigenvalue weighted by molar-refractivity contribution is 6.30. The molecule has 7 nitrogen and oxygen atoms in total. The van der Waals surface area contributed by atoms with E-state index in [0.717, 1.165) is 18.2 Å². The molecule has 26 heavy (non-hydrogen) atoms. The van der Waals surface area contributed by atoms with E-state index in [1.165, 1.54) is 6.92 Å². The number of hydrogen-bond donors (Lipinski definition) is 2. The summed E-state index contributed by atoms with van der Waals surface area (Å²) in [6.07, 6.45) is -0.191. The standard InChI is InChI=1S/C17H15ClFN3O4/c1-10(23)20-15(11-2-4-12(18)5-3-11)9-17(24)21-16-8-13(22(25)26)6-7-14(16)19/h2-8,15H,9H2,1H3,(H,20,23)(H,21,24). The van der Waals surface area contributed by atoms with Crippen LogP contribution in [0.5, 0.6) is 0 Å². The van der Waals surface area contributed by atoms with Crippen molar-refractivity contribution < 1.29 is 18.9 Å². The zero-order chi connectivity index (χ0) is 19.3. The number of carbonyl (C=O) groups is 2. The van der Waals surface area contributed by atoms with E-state index in [1.54, 1.807) is 24.3 Å². The highest BCUT2D eigenvalue weighted by Gasteiger charge is 2.19. The number of nitrogens with zero attached hydrogens (tertiary/aromatic N) is 1. The third kappa shape index (κ3) is 5.25. The van der Waals surface area contributed by atoms with Crippen molar-refractivity contribution in [2.45, 2.75) is 19.4 Å². The van der Waals surface area contributed by atoms with Gasteiger partial charge in [-0.2, -0.15) is 0 Å². The van der Waals surface area contributed by atoms with Crippen molar-refractivity contribution in [3.8, 4) is 0 Å². The van der Waals surface area contributed by atoms with Crippen LogP contribution in [0.4, 0.5) is 15.8 Å². The first-order chi connectivity index (χ1) is 12.3. The van der Waals surface area contributed by atoms with E-state index in [2.05, 4.69) is 10.6 Å². The number of hydrogen-bond acceptors (Lipinski definition) is 4. The molecule has 0 radical (unpaired) electrons. The number of anilines is 1. The van der Waals surface area contributed by atoms with E-state index in [-0.39, 0.29) is 23.7 Å². The van der Waals surface area contributed by atoms with Crippen LogP contribution in [0.2, 0.25) is 5.02 Å². The third-order valence-electron chi connectivity index (χ3n) is 3.47. The number of carbonyl (C=O) groups excluding carboxylic acids is 2. The second-order valence-electron chi connectivity index (χ2n) is 5.48. The molecule has 2 rings (SSSR count). The molecule has 2 aromatic carbocycles. The zero-order valence-electron chi connectivity index (χ0n) is 13.7. The Morgan fingerprint density at radius 3 is 2.46 bits per heavy atom. The first-order valence-corrected chi connectivity index (χ1v) is 7.90. The van der Waals surface area contributed by atoms with Gasteiger partial charge in [-0.15, -0.1) is 0 Å². The van der Waals surface area contributed by atoms with Crippen LogP contribution in [0.25, 0.3) is 0 Å². The lowest BCUT2D eigenvalue weighted by Crippen LogP contribution is -2.29. The minimum atomic E-state index is -0.800. The van der Waals surface area contributed by atoms with Gasteiger partial charge in [0.2, 0.25) is 11.8 Å². The Morgan fingerprint density at radius 1 is 1.23 bits per heavy atom. The number of nitro benzene ring substituents is 1. The maximum absolute atomic E-state index is 13.8. The highest BCUT2D eigenvalue weighted by atomic mass is 35.5. The molecule has 2 N–H and O–H groups in total. The predicted molar refractivity (Wildman–Crippen MR) is 94.3 cm³/mol. The maximum Gasteiger partial charge on any atom is 0.271 e. The fourth-order valence-electron chi connectivity index (χ4n) is 2.30. The molecule has 136 valence electrons. The lowest BCUT2D eigenvalue weighted by Gasteiger charge is -2.18. The number of halogens is 2. The van der Waals surface area contributed by atoms with Crippen molar-refractivity contribution in [3.05, 3.63) is 69.0 Å². The first-order valence-electron chi connectivity index (χ1n) is 7.52. The molecule has 0 fully saturated rings. The molecule has 0 aromatic heterocycles. The zero-order valence-corrected chi connectivity index (χ0v) is 14.4. The predicted octanol–water partition coefficient (Wildman–Crippen LogP) is 3.59. The van der Waals surface area contributed by atoms with Crippen LogP contribution in [0.15, 0.2) is 42.5 Å². The SMILES string of the molecule is CC(=O)NC(CC(=O)Nc1cc([N+](=O)[O-])ccc1F)c1ccc(Cl)cc1. The molecule has 0 aliphatic heterocycles. The average molecular weight is 380 g/mol. The van der Waals surface area contributed by atoms with Gasteiger partial charge in [0.1, 0.15) is 5.82 Å². The van der Waals surface area contributed by atoms with E-state index in [0.29, 0.717) is 10.6 Å². The van der Waals surface area contributed by atoms with Crippen molar-refractivity contribution in [2.75, 3.05) is 5.32 Å². The molecular weight excluding hydrogens is 365 g/mol. The minimum Gasteiger partial charge on any atom is -0.349 e. The normalized spacial score (nSPS) is 11.5. The van der Waals surface area contributed by atoms with E-state index in [9.17, 15) is 24.1 Å². The molecule has 0 aliphatic carbocycles. The third-order valence-corrected chi connectivity index (χ3v) is 3.73. The molecule has 0 spiro atoms. The van der Waals surface area contributed by atoms with Gasteiger partial charge in [0.15, 0.2) is 0 Å². The topological polar surface area (TPSA) is 101 Å². The van der Waals surface area contributed by atoms with Gasteiger partial charge in [-0.25, -0.2) is 4.39 Å². The number of amides is 2. The summed E-state index contributed by atoms with van der Waals surface area (Å²) in [5, 5.41) is 16.2. The molecule has 1 unspecified atom stereocenters. The van der Waals surface area contributed by atoms with E-state index >= 15 is 0 Å².